The van der Waals surface area contributed by atoms with Gasteiger partial charge in [0, 0.05) is 6.20 Å². The molecule has 19 heavy (non-hydrogen) atoms. The summed E-state index contributed by atoms with van der Waals surface area (Å²) in [6.07, 6.45) is 5.35. The first kappa shape index (κ1) is 12.4. The third kappa shape index (κ3) is 2.54. The fraction of sp³-hybridized carbons (Fsp3) is 0.467. The van der Waals surface area contributed by atoms with Crippen LogP contribution in [0.2, 0.25) is 0 Å². The highest BCUT2D eigenvalue weighted by atomic mass is 16.4. The first-order chi connectivity index (χ1) is 9.24. The molecule has 0 amide bonds. The van der Waals surface area contributed by atoms with E-state index < -0.39 is 0 Å². The van der Waals surface area contributed by atoms with Crippen molar-refractivity contribution in [2.24, 2.45) is 0 Å². The molecule has 0 aliphatic heterocycles. The average Bonchev–Trinajstić information content (AvgIpc) is 2.75. The molecule has 0 bridgehead atoms. The van der Waals surface area contributed by atoms with E-state index in [0.29, 0.717) is 12.6 Å². The Morgan fingerprint density at radius 3 is 3.11 bits per heavy atom. The molecule has 4 nitrogen and oxygen atoms in total. The number of oxazole rings is 1. The second kappa shape index (κ2) is 5.13. The highest BCUT2D eigenvalue weighted by Crippen LogP contribution is 2.27. The van der Waals surface area contributed by atoms with Crippen molar-refractivity contribution >= 4 is 0 Å². The Bertz CT molecular complexity index is 557. The van der Waals surface area contributed by atoms with Gasteiger partial charge in [0.25, 0.3) is 0 Å². The van der Waals surface area contributed by atoms with Crippen molar-refractivity contribution in [3.63, 3.8) is 0 Å². The standard InChI is InChI=1S/C15H19N3O/c1-10-11(2)19-14(18-10)9-17-13-7-3-5-12-6-4-8-16-15(12)13/h4,6,8,13,17H,3,5,7,9H2,1-2H3. The quantitative estimate of drug-likeness (QED) is 0.918. The molecule has 2 aromatic heterocycles. The lowest BCUT2D eigenvalue weighted by atomic mass is 9.92. The number of pyridine rings is 1. The Balaban J connectivity index is 1.71. The largest absolute Gasteiger partial charge is 0.444 e. The monoisotopic (exact) mass is 257 g/mol. The molecule has 1 atom stereocenters. The van der Waals surface area contributed by atoms with Gasteiger partial charge in [0.15, 0.2) is 0 Å². The lowest BCUT2D eigenvalue weighted by Gasteiger charge is -2.24. The third-order valence-electron chi connectivity index (χ3n) is 3.77. The van der Waals surface area contributed by atoms with Crippen LogP contribution in [0.5, 0.6) is 0 Å². The fourth-order valence-electron chi connectivity index (χ4n) is 2.63. The maximum Gasteiger partial charge on any atom is 0.208 e. The fourth-order valence-corrected chi connectivity index (χ4v) is 2.63. The number of aromatic nitrogens is 2. The van der Waals surface area contributed by atoms with Crippen molar-refractivity contribution in [2.45, 2.75) is 45.7 Å². The minimum absolute atomic E-state index is 0.317. The third-order valence-corrected chi connectivity index (χ3v) is 3.77. The van der Waals surface area contributed by atoms with Crippen LogP contribution in [0.4, 0.5) is 0 Å². The number of rotatable bonds is 3. The zero-order valence-corrected chi connectivity index (χ0v) is 11.4. The molecular weight excluding hydrogens is 238 g/mol. The molecule has 3 rings (SSSR count). The summed E-state index contributed by atoms with van der Waals surface area (Å²) in [5.74, 6) is 1.66. The van der Waals surface area contributed by atoms with E-state index in [1.54, 1.807) is 0 Å². The zero-order chi connectivity index (χ0) is 13.2. The molecule has 0 spiro atoms. The molecule has 1 aliphatic carbocycles. The molecule has 1 unspecified atom stereocenters. The van der Waals surface area contributed by atoms with Gasteiger partial charge in [0.2, 0.25) is 5.89 Å². The van der Waals surface area contributed by atoms with Gasteiger partial charge < -0.3 is 9.73 Å². The predicted octanol–water partition coefficient (Wildman–Crippen LogP) is 2.85. The van der Waals surface area contributed by atoms with E-state index in [1.807, 2.05) is 26.1 Å². The van der Waals surface area contributed by atoms with Crippen LogP contribution in [0, 0.1) is 13.8 Å². The van der Waals surface area contributed by atoms with E-state index in [4.69, 9.17) is 4.42 Å². The second-order valence-electron chi connectivity index (χ2n) is 5.12. The van der Waals surface area contributed by atoms with Crippen molar-refractivity contribution in [1.29, 1.82) is 0 Å². The SMILES string of the molecule is Cc1nc(CNC2CCCc3cccnc32)oc1C. The van der Waals surface area contributed by atoms with Crippen LogP contribution < -0.4 is 5.32 Å². The van der Waals surface area contributed by atoms with E-state index in [2.05, 4.69) is 21.4 Å². The van der Waals surface area contributed by atoms with Crippen molar-refractivity contribution in [1.82, 2.24) is 15.3 Å². The number of fused-ring (bicyclic) bond motifs is 1. The van der Waals surface area contributed by atoms with Gasteiger partial charge in [-0.1, -0.05) is 6.07 Å². The first-order valence-electron chi connectivity index (χ1n) is 6.84. The molecule has 1 aliphatic rings. The topological polar surface area (TPSA) is 51.0 Å². The lowest BCUT2D eigenvalue weighted by Crippen LogP contribution is -2.26. The van der Waals surface area contributed by atoms with Crippen LogP contribution in [-0.2, 0) is 13.0 Å². The molecule has 0 aromatic carbocycles. The van der Waals surface area contributed by atoms with Crippen LogP contribution in [0.25, 0.3) is 0 Å². The molecule has 0 saturated heterocycles. The van der Waals surface area contributed by atoms with Gasteiger partial charge >= 0.3 is 0 Å². The number of aryl methyl sites for hydroxylation is 3. The maximum atomic E-state index is 5.60. The van der Waals surface area contributed by atoms with Gasteiger partial charge in [-0.25, -0.2) is 4.98 Å². The smallest absolute Gasteiger partial charge is 0.208 e. The number of nitrogens with one attached hydrogen (secondary N) is 1. The summed E-state index contributed by atoms with van der Waals surface area (Å²) in [6.45, 7) is 4.58. The van der Waals surface area contributed by atoms with Crippen molar-refractivity contribution < 1.29 is 4.42 Å². The zero-order valence-electron chi connectivity index (χ0n) is 11.4. The number of nitrogens with zero attached hydrogens (tertiary/aromatic N) is 2. The van der Waals surface area contributed by atoms with Crippen LogP contribution in [0.1, 0.15) is 47.5 Å². The molecule has 0 radical (unpaired) electrons. The molecule has 0 fully saturated rings. The van der Waals surface area contributed by atoms with E-state index in [9.17, 15) is 0 Å². The molecule has 2 heterocycles. The van der Waals surface area contributed by atoms with Crippen molar-refractivity contribution in [2.75, 3.05) is 0 Å². The van der Waals surface area contributed by atoms with Gasteiger partial charge in [-0.15, -0.1) is 0 Å². The highest BCUT2D eigenvalue weighted by Gasteiger charge is 2.21. The summed E-state index contributed by atoms with van der Waals surface area (Å²) >= 11 is 0. The average molecular weight is 257 g/mol. The summed E-state index contributed by atoms with van der Waals surface area (Å²) < 4.78 is 5.60. The highest BCUT2D eigenvalue weighted by molar-refractivity contribution is 5.25. The maximum absolute atomic E-state index is 5.60. The van der Waals surface area contributed by atoms with E-state index >= 15 is 0 Å². The Morgan fingerprint density at radius 2 is 2.32 bits per heavy atom. The van der Waals surface area contributed by atoms with E-state index in [0.717, 1.165) is 30.2 Å². The lowest BCUT2D eigenvalue weighted by molar-refractivity contribution is 0.395. The van der Waals surface area contributed by atoms with Crippen molar-refractivity contribution in [3.05, 3.63) is 46.9 Å². The number of hydrogen-bond donors (Lipinski definition) is 1. The summed E-state index contributed by atoms with van der Waals surface area (Å²) in [7, 11) is 0. The summed E-state index contributed by atoms with van der Waals surface area (Å²) in [4.78, 5) is 8.92. The normalized spacial score (nSPS) is 18.3. The molecule has 0 saturated carbocycles. The molecule has 4 heteroatoms. The van der Waals surface area contributed by atoms with Gasteiger partial charge in [0.1, 0.15) is 5.76 Å². The van der Waals surface area contributed by atoms with Crippen LogP contribution in [-0.4, -0.2) is 9.97 Å². The Hall–Kier alpha value is -1.68. The minimum Gasteiger partial charge on any atom is -0.444 e. The minimum atomic E-state index is 0.317. The van der Waals surface area contributed by atoms with E-state index in [1.165, 1.54) is 17.7 Å². The van der Waals surface area contributed by atoms with Gasteiger partial charge in [-0.05, 0) is 44.7 Å². The Labute approximate surface area is 113 Å². The van der Waals surface area contributed by atoms with Gasteiger partial charge in [-0.3, -0.25) is 4.98 Å². The van der Waals surface area contributed by atoms with E-state index in [-0.39, 0.29) is 0 Å². The second-order valence-corrected chi connectivity index (χ2v) is 5.12. The Morgan fingerprint density at radius 1 is 1.42 bits per heavy atom. The predicted molar refractivity (Wildman–Crippen MR) is 72.7 cm³/mol. The van der Waals surface area contributed by atoms with Crippen LogP contribution in [0.3, 0.4) is 0 Å². The molecule has 1 N–H and O–H groups in total. The van der Waals surface area contributed by atoms with Gasteiger partial charge in [0.05, 0.1) is 24.0 Å². The van der Waals surface area contributed by atoms with Crippen molar-refractivity contribution in [3.8, 4) is 0 Å². The van der Waals surface area contributed by atoms with Crippen LogP contribution >= 0.6 is 0 Å². The van der Waals surface area contributed by atoms with Gasteiger partial charge in [-0.2, -0.15) is 0 Å². The summed E-state index contributed by atoms with van der Waals surface area (Å²) in [6, 6.07) is 4.51. The Kier molecular flexibility index (Phi) is 3.34. The summed E-state index contributed by atoms with van der Waals surface area (Å²) in [5.41, 5.74) is 3.53. The first-order valence-corrected chi connectivity index (χ1v) is 6.84. The molecule has 100 valence electrons. The number of hydrogen-bond acceptors (Lipinski definition) is 4. The van der Waals surface area contributed by atoms with Crippen LogP contribution in [0.15, 0.2) is 22.7 Å². The molecular formula is C15H19N3O. The molecule has 2 aromatic rings. The summed E-state index contributed by atoms with van der Waals surface area (Å²) in [5, 5.41) is 3.52.